The van der Waals surface area contributed by atoms with E-state index in [1.807, 2.05) is 0 Å². The second-order valence-corrected chi connectivity index (χ2v) is 4.19. The summed E-state index contributed by atoms with van der Waals surface area (Å²) in [5.41, 5.74) is 3.63. The smallest absolute Gasteiger partial charge is 0.0234 e. The van der Waals surface area contributed by atoms with Crippen molar-refractivity contribution >= 4 is 0 Å². The molecule has 2 unspecified atom stereocenters. The highest BCUT2D eigenvalue weighted by Gasteiger charge is 2.57. The Hall–Kier alpha value is -1.04. The molecular formula is C13H14. The molecule has 1 spiro atoms. The van der Waals surface area contributed by atoms with E-state index < -0.39 is 0 Å². The Balaban J connectivity index is 2.13. The van der Waals surface area contributed by atoms with E-state index in [0.29, 0.717) is 5.41 Å². The molecule has 0 nitrogen and oxygen atoms in total. The number of hydrogen-bond acceptors (Lipinski definition) is 0. The van der Waals surface area contributed by atoms with Gasteiger partial charge in [-0.3, -0.25) is 0 Å². The van der Waals surface area contributed by atoms with Gasteiger partial charge in [0.1, 0.15) is 0 Å². The highest BCUT2D eigenvalue weighted by molar-refractivity contribution is 5.54. The third kappa shape index (κ3) is 0.763. The molecule has 1 fully saturated rings. The summed E-state index contributed by atoms with van der Waals surface area (Å²) in [6, 6.07) is 0. The molecule has 3 aliphatic rings. The van der Waals surface area contributed by atoms with Crippen LogP contribution in [-0.4, -0.2) is 0 Å². The van der Waals surface area contributed by atoms with Gasteiger partial charge in [-0.05, 0) is 24.3 Å². The highest BCUT2D eigenvalue weighted by Crippen LogP contribution is 2.66. The average molecular weight is 170 g/mol. The largest absolute Gasteiger partial charge is 0.0801 e. The van der Waals surface area contributed by atoms with E-state index in [2.05, 4.69) is 43.4 Å². The van der Waals surface area contributed by atoms with Crippen LogP contribution < -0.4 is 0 Å². The fourth-order valence-electron chi connectivity index (χ4n) is 2.90. The zero-order valence-corrected chi connectivity index (χ0v) is 7.96. The quantitative estimate of drug-likeness (QED) is 0.566. The zero-order chi connectivity index (χ0) is 8.89. The van der Waals surface area contributed by atoms with Crippen molar-refractivity contribution in [2.75, 3.05) is 0 Å². The Labute approximate surface area is 79.3 Å². The second-order valence-electron chi connectivity index (χ2n) is 4.19. The number of rotatable bonds is 1. The van der Waals surface area contributed by atoms with Gasteiger partial charge in [0.05, 0.1) is 0 Å². The normalized spacial score (nSPS) is 39.0. The van der Waals surface area contributed by atoms with Crippen LogP contribution in [0.5, 0.6) is 0 Å². The molecule has 0 radical (unpaired) electrons. The van der Waals surface area contributed by atoms with E-state index in [9.17, 15) is 0 Å². The summed E-state index contributed by atoms with van der Waals surface area (Å²) < 4.78 is 0. The van der Waals surface area contributed by atoms with Gasteiger partial charge in [-0.1, -0.05) is 49.0 Å². The number of allylic oxidation sites excluding steroid dienone is 8. The van der Waals surface area contributed by atoms with Crippen molar-refractivity contribution < 1.29 is 0 Å². The Kier molecular flexibility index (Phi) is 1.28. The lowest BCUT2D eigenvalue weighted by atomic mass is 9.78. The standard InChI is InChI=1S/C13H14/c1-2-10-5-3-6-11-7-4-8-12-9-13(10,11)12/h3-8,12H,2,9H2,1H3. The van der Waals surface area contributed by atoms with Crippen molar-refractivity contribution in [1.82, 2.24) is 0 Å². The van der Waals surface area contributed by atoms with Gasteiger partial charge in [-0.15, -0.1) is 0 Å². The van der Waals surface area contributed by atoms with Crippen LogP contribution in [0.15, 0.2) is 47.6 Å². The molecule has 0 aromatic carbocycles. The molecule has 13 heavy (non-hydrogen) atoms. The third-order valence-electron chi connectivity index (χ3n) is 3.68. The first-order chi connectivity index (χ1) is 6.38. The molecule has 0 N–H and O–H groups in total. The maximum absolute atomic E-state index is 2.37. The fraction of sp³-hybridized carbons (Fsp3) is 0.385. The van der Waals surface area contributed by atoms with Crippen LogP contribution in [0.4, 0.5) is 0 Å². The van der Waals surface area contributed by atoms with Crippen LogP contribution >= 0.6 is 0 Å². The first-order valence-corrected chi connectivity index (χ1v) is 5.14. The van der Waals surface area contributed by atoms with E-state index in [1.54, 1.807) is 11.1 Å². The summed E-state index contributed by atoms with van der Waals surface area (Å²) in [6.07, 6.45) is 16.2. The first-order valence-electron chi connectivity index (χ1n) is 5.14. The minimum atomic E-state index is 0.457. The average Bonchev–Trinajstić information content (AvgIpc) is 2.89. The van der Waals surface area contributed by atoms with E-state index in [-0.39, 0.29) is 0 Å². The Bertz CT molecular complexity index is 365. The van der Waals surface area contributed by atoms with Crippen molar-refractivity contribution in [2.45, 2.75) is 19.8 Å². The molecule has 1 saturated carbocycles. The van der Waals surface area contributed by atoms with Gasteiger partial charge in [0.15, 0.2) is 0 Å². The van der Waals surface area contributed by atoms with Gasteiger partial charge in [0.2, 0.25) is 0 Å². The van der Waals surface area contributed by atoms with E-state index in [1.165, 1.54) is 12.8 Å². The molecule has 0 heteroatoms. The Morgan fingerprint density at radius 2 is 2.31 bits per heavy atom. The lowest BCUT2D eigenvalue weighted by Crippen LogP contribution is -2.13. The van der Waals surface area contributed by atoms with Gasteiger partial charge >= 0.3 is 0 Å². The van der Waals surface area contributed by atoms with Crippen LogP contribution in [-0.2, 0) is 0 Å². The molecule has 0 aliphatic heterocycles. The molecule has 0 aromatic rings. The SMILES string of the molecule is CCC1=CC=CC2=CC=CC3CC213. The predicted octanol–water partition coefficient (Wildman–Crippen LogP) is 3.40. The van der Waals surface area contributed by atoms with Gasteiger partial charge in [0.25, 0.3) is 0 Å². The van der Waals surface area contributed by atoms with E-state index in [4.69, 9.17) is 0 Å². The monoisotopic (exact) mass is 170 g/mol. The van der Waals surface area contributed by atoms with Crippen molar-refractivity contribution in [3.8, 4) is 0 Å². The molecule has 3 rings (SSSR count). The summed E-state index contributed by atoms with van der Waals surface area (Å²) in [5, 5.41) is 0. The van der Waals surface area contributed by atoms with Gasteiger partial charge < -0.3 is 0 Å². The second kappa shape index (κ2) is 2.25. The molecule has 3 aliphatic carbocycles. The molecule has 0 bridgehead atoms. The van der Waals surface area contributed by atoms with Crippen LogP contribution in [0, 0.1) is 11.3 Å². The van der Waals surface area contributed by atoms with Crippen LogP contribution in [0.3, 0.4) is 0 Å². The molecule has 0 aromatic heterocycles. The zero-order valence-electron chi connectivity index (χ0n) is 7.96. The minimum absolute atomic E-state index is 0.457. The molecule has 0 amide bonds. The maximum Gasteiger partial charge on any atom is 0.0234 e. The lowest BCUT2D eigenvalue weighted by Gasteiger charge is -2.25. The maximum atomic E-state index is 2.37. The topological polar surface area (TPSA) is 0 Å². The summed E-state index contributed by atoms with van der Waals surface area (Å²) in [7, 11) is 0. The molecular weight excluding hydrogens is 156 g/mol. The van der Waals surface area contributed by atoms with E-state index >= 15 is 0 Å². The molecule has 66 valence electrons. The highest BCUT2D eigenvalue weighted by atomic mass is 14.6. The van der Waals surface area contributed by atoms with Crippen molar-refractivity contribution in [2.24, 2.45) is 11.3 Å². The van der Waals surface area contributed by atoms with Crippen LogP contribution in [0.1, 0.15) is 19.8 Å². The first kappa shape index (κ1) is 7.37. The lowest BCUT2D eigenvalue weighted by molar-refractivity contribution is 0.656. The van der Waals surface area contributed by atoms with Gasteiger partial charge in [-0.25, -0.2) is 0 Å². The van der Waals surface area contributed by atoms with Crippen molar-refractivity contribution in [1.29, 1.82) is 0 Å². The summed E-state index contributed by atoms with van der Waals surface area (Å²) in [6.45, 7) is 2.27. The Morgan fingerprint density at radius 1 is 1.38 bits per heavy atom. The van der Waals surface area contributed by atoms with Gasteiger partial charge in [0, 0.05) is 5.41 Å². The fourth-order valence-corrected chi connectivity index (χ4v) is 2.90. The van der Waals surface area contributed by atoms with Crippen molar-refractivity contribution in [3.63, 3.8) is 0 Å². The Morgan fingerprint density at radius 3 is 3.15 bits per heavy atom. The minimum Gasteiger partial charge on any atom is -0.0801 e. The summed E-state index contributed by atoms with van der Waals surface area (Å²) in [5.74, 6) is 0.809. The predicted molar refractivity (Wildman–Crippen MR) is 55.3 cm³/mol. The number of hydrogen-bond donors (Lipinski definition) is 0. The molecule has 0 saturated heterocycles. The molecule has 2 atom stereocenters. The van der Waals surface area contributed by atoms with E-state index in [0.717, 1.165) is 5.92 Å². The third-order valence-corrected chi connectivity index (χ3v) is 3.68. The van der Waals surface area contributed by atoms with Gasteiger partial charge in [-0.2, -0.15) is 0 Å². The molecule has 0 heterocycles. The van der Waals surface area contributed by atoms with Crippen molar-refractivity contribution in [3.05, 3.63) is 47.6 Å². The van der Waals surface area contributed by atoms with Crippen LogP contribution in [0.25, 0.3) is 0 Å². The van der Waals surface area contributed by atoms with Crippen LogP contribution in [0.2, 0.25) is 0 Å². The summed E-state index contributed by atoms with van der Waals surface area (Å²) in [4.78, 5) is 0. The summed E-state index contributed by atoms with van der Waals surface area (Å²) >= 11 is 0.